The maximum Gasteiger partial charge on any atom is 0.356 e. The third kappa shape index (κ3) is 2.22. The summed E-state index contributed by atoms with van der Waals surface area (Å²) in [5.41, 5.74) is 0.0954. The Morgan fingerprint density at radius 3 is 3.16 bits per heavy atom. The topological polar surface area (TPSA) is 114 Å². The highest BCUT2D eigenvalue weighted by molar-refractivity contribution is 5.91. The van der Waals surface area contributed by atoms with Crippen molar-refractivity contribution in [3.63, 3.8) is 0 Å². The lowest BCUT2D eigenvalue weighted by atomic mass is 10.0. The van der Waals surface area contributed by atoms with Crippen LogP contribution in [0.3, 0.4) is 0 Å². The van der Waals surface area contributed by atoms with E-state index in [4.69, 9.17) is 14.4 Å². The first-order chi connectivity index (χ1) is 9.25. The van der Waals surface area contributed by atoms with Crippen LogP contribution in [0.4, 0.5) is 0 Å². The van der Waals surface area contributed by atoms with Crippen LogP contribution in [0.5, 0.6) is 0 Å². The van der Waals surface area contributed by atoms with Gasteiger partial charge in [-0.2, -0.15) is 4.98 Å². The van der Waals surface area contributed by atoms with Gasteiger partial charge in [0.1, 0.15) is 5.69 Å². The Balaban J connectivity index is 1.88. The maximum absolute atomic E-state index is 11.0. The Hall–Kier alpha value is -2.22. The second-order valence-corrected chi connectivity index (χ2v) is 4.30. The number of carboxylic acid groups (broad SMARTS) is 1. The Bertz CT molecular complexity index is 585. The van der Waals surface area contributed by atoms with Crippen LogP contribution in [0.15, 0.2) is 10.9 Å². The largest absolute Gasteiger partial charge is 0.476 e. The standard InChI is InChI=1S/C11H12N4O4/c16-11(17)8-7(12-5-13-8)10-14-9(15-19-10)6-2-1-3-18-4-6/h5-6H,1-4H2,(H,12,13)(H,16,17). The van der Waals surface area contributed by atoms with Gasteiger partial charge < -0.3 is 19.4 Å². The highest BCUT2D eigenvalue weighted by Gasteiger charge is 2.24. The summed E-state index contributed by atoms with van der Waals surface area (Å²) < 4.78 is 10.5. The summed E-state index contributed by atoms with van der Waals surface area (Å²) in [6.07, 6.45) is 3.18. The molecule has 0 aromatic carbocycles. The Morgan fingerprint density at radius 1 is 1.53 bits per heavy atom. The third-order valence-electron chi connectivity index (χ3n) is 3.02. The lowest BCUT2D eigenvalue weighted by molar-refractivity contribution is 0.0691. The molecule has 3 rings (SSSR count). The second kappa shape index (κ2) is 4.81. The van der Waals surface area contributed by atoms with Crippen LogP contribution in [0.25, 0.3) is 11.6 Å². The SMILES string of the molecule is O=C(O)c1nc[nH]c1-c1nc(C2CCCOC2)no1. The number of carboxylic acids is 1. The number of carbonyl (C=O) groups is 1. The first kappa shape index (κ1) is 11.8. The van der Waals surface area contributed by atoms with E-state index in [-0.39, 0.29) is 23.2 Å². The molecule has 1 atom stereocenters. The van der Waals surface area contributed by atoms with E-state index in [9.17, 15) is 4.79 Å². The van der Waals surface area contributed by atoms with E-state index in [1.165, 1.54) is 6.33 Å². The van der Waals surface area contributed by atoms with Gasteiger partial charge in [0.25, 0.3) is 5.89 Å². The molecule has 2 aromatic heterocycles. The number of hydrogen-bond donors (Lipinski definition) is 2. The predicted octanol–water partition coefficient (Wildman–Crippen LogP) is 1.05. The van der Waals surface area contributed by atoms with E-state index in [0.717, 1.165) is 19.4 Å². The van der Waals surface area contributed by atoms with E-state index < -0.39 is 5.97 Å². The zero-order valence-electron chi connectivity index (χ0n) is 10.00. The maximum atomic E-state index is 11.0. The third-order valence-corrected chi connectivity index (χ3v) is 3.02. The van der Waals surface area contributed by atoms with Crippen molar-refractivity contribution in [1.29, 1.82) is 0 Å². The van der Waals surface area contributed by atoms with Crippen LogP contribution in [-0.4, -0.2) is 44.4 Å². The number of aromatic carboxylic acids is 1. The van der Waals surface area contributed by atoms with Crippen molar-refractivity contribution in [3.05, 3.63) is 17.8 Å². The van der Waals surface area contributed by atoms with Gasteiger partial charge in [0.05, 0.1) is 12.9 Å². The minimum Gasteiger partial charge on any atom is -0.476 e. The van der Waals surface area contributed by atoms with E-state index in [1.54, 1.807) is 0 Å². The molecule has 3 heterocycles. The number of rotatable bonds is 3. The van der Waals surface area contributed by atoms with Crippen LogP contribution >= 0.6 is 0 Å². The lowest BCUT2D eigenvalue weighted by Crippen LogP contribution is -2.16. The fraction of sp³-hybridized carbons (Fsp3) is 0.455. The second-order valence-electron chi connectivity index (χ2n) is 4.30. The molecule has 8 nitrogen and oxygen atoms in total. The van der Waals surface area contributed by atoms with Crippen molar-refractivity contribution >= 4 is 5.97 Å². The fourth-order valence-electron chi connectivity index (χ4n) is 2.07. The van der Waals surface area contributed by atoms with Crippen molar-refractivity contribution in [3.8, 4) is 11.6 Å². The molecule has 0 spiro atoms. The van der Waals surface area contributed by atoms with Gasteiger partial charge in [-0.1, -0.05) is 5.16 Å². The molecule has 0 radical (unpaired) electrons. The average Bonchev–Trinajstić information content (AvgIpc) is 3.08. The number of hydrogen-bond acceptors (Lipinski definition) is 6. The van der Waals surface area contributed by atoms with E-state index >= 15 is 0 Å². The quantitative estimate of drug-likeness (QED) is 0.851. The molecule has 0 bridgehead atoms. The van der Waals surface area contributed by atoms with Crippen LogP contribution < -0.4 is 0 Å². The van der Waals surface area contributed by atoms with Gasteiger partial charge in [0.15, 0.2) is 11.5 Å². The highest BCUT2D eigenvalue weighted by Crippen LogP contribution is 2.26. The first-order valence-corrected chi connectivity index (χ1v) is 5.94. The minimum absolute atomic E-state index is 0.0995. The average molecular weight is 264 g/mol. The Morgan fingerprint density at radius 2 is 2.42 bits per heavy atom. The summed E-state index contributed by atoms with van der Waals surface area (Å²) in [7, 11) is 0. The predicted molar refractivity (Wildman–Crippen MR) is 61.6 cm³/mol. The molecule has 1 aliphatic rings. The summed E-state index contributed by atoms with van der Waals surface area (Å²) in [6, 6.07) is 0. The summed E-state index contributed by atoms with van der Waals surface area (Å²) in [5.74, 6) is -0.365. The summed E-state index contributed by atoms with van der Waals surface area (Å²) in [5, 5.41) is 12.9. The molecule has 2 N–H and O–H groups in total. The molecular weight excluding hydrogens is 252 g/mol. The smallest absolute Gasteiger partial charge is 0.356 e. The number of ether oxygens (including phenoxy) is 1. The van der Waals surface area contributed by atoms with Gasteiger partial charge >= 0.3 is 5.97 Å². The molecule has 1 saturated heterocycles. The van der Waals surface area contributed by atoms with Gasteiger partial charge in [0, 0.05) is 12.5 Å². The molecule has 0 aliphatic carbocycles. The monoisotopic (exact) mass is 264 g/mol. The molecule has 0 saturated carbocycles. The number of aromatic amines is 1. The minimum atomic E-state index is -1.14. The van der Waals surface area contributed by atoms with E-state index in [1.807, 2.05) is 0 Å². The van der Waals surface area contributed by atoms with Gasteiger partial charge in [0.2, 0.25) is 0 Å². The van der Waals surface area contributed by atoms with Crippen molar-refractivity contribution in [2.75, 3.05) is 13.2 Å². The molecule has 1 unspecified atom stereocenters. The lowest BCUT2D eigenvalue weighted by Gasteiger charge is -2.18. The van der Waals surface area contributed by atoms with E-state index in [0.29, 0.717) is 12.4 Å². The van der Waals surface area contributed by atoms with Crippen molar-refractivity contribution in [2.45, 2.75) is 18.8 Å². The number of nitrogens with zero attached hydrogens (tertiary/aromatic N) is 3. The van der Waals surface area contributed by atoms with Gasteiger partial charge in [-0.05, 0) is 12.8 Å². The van der Waals surface area contributed by atoms with Crippen molar-refractivity contribution in [2.24, 2.45) is 0 Å². The van der Waals surface area contributed by atoms with Crippen LogP contribution in [0.1, 0.15) is 35.1 Å². The number of imidazole rings is 1. The van der Waals surface area contributed by atoms with Gasteiger partial charge in [-0.3, -0.25) is 0 Å². The highest BCUT2D eigenvalue weighted by atomic mass is 16.5. The molecule has 8 heteroatoms. The first-order valence-electron chi connectivity index (χ1n) is 5.94. The van der Waals surface area contributed by atoms with Crippen molar-refractivity contribution in [1.82, 2.24) is 20.1 Å². The summed E-state index contributed by atoms with van der Waals surface area (Å²) >= 11 is 0. The Kier molecular flexibility index (Phi) is 3.00. The normalized spacial score (nSPS) is 19.5. The van der Waals surface area contributed by atoms with Crippen molar-refractivity contribution < 1.29 is 19.2 Å². The number of aromatic nitrogens is 4. The summed E-state index contributed by atoms with van der Waals surface area (Å²) in [4.78, 5) is 21.6. The van der Waals surface area contributed by atoms with Crippen LogP contribution in [-0.2, 0) is 4.74 Å². The zero-order valence-corrected chi connectivity index (χ0v) is 10.00. The molecular formula is C11H12N4O4. The van der Waals surface area contributed by atoms with E-state index in [2.05, 4.69) is 20.1 Å². The molecule has 100 valence electrons. The molecule has 2 aromatic rings. The Labute approximate surface area is 107 Å². The van der Waals surface area contributed by atoms with Crippen LogP contribution in [0, 0.1) is 0 Å². The number of nitrogens with one attached hydrogen (secondary N) is 1. The molecule has 1 fully saturated rings. The van der Waals surface area contributed by atoms with Gasteiger partial charge in [-0.15, -0.1) is 0 Å². The fourth-order valence-corrected chi connectivity index (χ4v) is 2.07. The summed E-state index contributed by atoms with van der Waals surface area (Å²) in [6.45, 7) is 1.32. The molecule has 0 amide bonds. The van der Waals surface area contributed by atoms with Crippen LogP contribution in [0.2, 0.25) is 0 Å². The number of H-pyrrole nitrogens is 1. The zero-order chi connectivity index (χ0) is 13.2. The molecule has 1 aliphatic heterocycles. The van der Waals surface area contributed by atoms with Gasteiger partial charge in [-0.25, -0.2) is 9.78 Å². The molecule has 19 heavy (non-hydrogen) atoms.